The Hall–Kier alpha value is -4.79. The number of para-hydroxylation sites is 1. The summed E-state index contributed by atoms with van der Waals surface area (Å²) in [6.07, 6.45) is 4.03. The summed E-state index contributed by atoms with van der Waals surface area (Å²) in [5.41, 5.74) is 7.55. The molecule has 10 heteroatoms. The molecule has 0 aromatic heterocycles. The fourth-order valence-electron chi connectivity index (χ4n) is 4.99. The monoisotopic (exact) mass is 687 g/mol. The van der Waals surface area contributed by atoms with Crippen molar-refractivity contribution in [2.75, 3.05) is 13.2 Å². The molecule has 0 radical (unpaired) electrons. The van der Waals surface area contributed by atoms with E-state index >= 15 is 0 Å². The quantitative estimate of drug-likeness (QED) is 0.0719. The summed E-state index contributed by atoms with van der Waals surface area (Å²) >= 11 is 12.4. The van der Waals surface area contributed by atoms with Crippen molar-refractivity contribution in [3.8, 4) is 17.2 Å². The molecule has 2 amide bonds. The number of rotatable bonds is 16. The molecule has 0 fully saturated rings. The minimum Gasteiger partial charge on any atom is -0.490 e. The van der Waals surface area contributed by atoms with Crippen LogP contribution in [0.1, 0.15) is 40.3 Å². The summed E-state index contributed by atoms with van der Waals surface area (Å²) in [7, 11) is 0. The van der Waals surface area contributed by atoms with Crippen LogP contribution in [-0.2, 0) is 29.0 Å². The first-order valence-corrected chi connectivity index (χ1v) is 16.3. The maximum Gasteiger partial charge on any atom is 0.262 e. The van der Waals surface area contributed by atoms with Crippen LogP contribution < -0.4 is 25.0 Å². The van der Waals surface area contributed by atoms with Gasteiger partial charge in [0.15, 0.2) is 18.1 Å². The van der Waals surface area contributed by atoms with E-state index in [1.165, 1.54) is 6.21 Å². The van der Waals surface area contributed by atoms with Crippen LogP contribution in [0.25, 0.3) is 0 Å². The number of hydrogen-bond acceptors (Lipinski definition) is 6. The molecular formula is C38H39Cl2N3O5. The van der Waals surface area contributed by atoms with Crippen molar-refractivity contribution in [3.05, 3.63) is 135 Å². The third kappa shape index (κ3) is 10.4. The van der Waals surface area contributed by atoms with E-state index in [1.807, 2.05) is 81.4 Å². The van der Waals surface area contributed by atoms with Gasteiger partial charge >= 0.3 is 0 Å². The third-order valence-corrected chi connectivity index (χ3v) is 7.87. The van der Waals surface area contributed by atoms with E-state index in [9.17, 15) is 9.59 Å². The molecule has 0 heterocycles. The summed E-state index contributed by atoms with van der Waals surface area (Å²) < 4.78 is 17.9. The van der Waals surface area contributed by atoms with Gasteiger partial charge in [0.2, 0.25) is 0 Å². The number of benzene rings is 4. The Kier molecular flexibility index (Phi) is 13.5. The van der Waals surface area contributed by atoms with Gasteiger partial charge in [-0.3, -0.25) is 9.59 Å². The predicted octanol–water partition coefficient (Wildman–Crippen LogP) is 7.57. The first-order chi connectivity index (χ1) is 23.2. The summed E-state index contributed by atoms with van der Waals surface area (Å²) in [6, 6.07) is 23.2. The molecule has 48 heavy (non-hydrogen) atoms. The highest BCUT2D eigenvalue weighted by Crippen LogP contribution is 2.35. The van der Waals surface area contributed by atoms with E-state index in [2.05, 4.69) is 22.4 Å². The van der Waals surface area contributed by atoms with Crippen LogP contribution in [0.3, 0.4) is 0 Å². The lowest BCUT2D eigenvalue weighted by molar-refractivity contribution is -0.130. The number of hydrazone groups is 1. The average molecular weight is 689 g/mol. The average Bonchev–Trinajstić information content (AvgIpc) is 3.05. The van der Waals surface area contributed by atoms with Crippen molar-refractivity contribution in [3.63, 3.8) is 0 Å². The molecule has 0 aliphatic rings. The molecule has 0 spiro atoms. The van der Waals surface area contributed by atoms with E-state index < -0.39 is 17.9 Å². The van der Waals surface area contributed by atoms with Gasteiger partial charge in [0.1, 0.15) is 18.4 Å². The predicted molar refractivity (Wildman–Crippen MR) is 192 cm³/mol. The highest BCUT2D eigenvalue weighted by atomic mass is 35.5. The number of carbonyl (C=O) groups is 2. The van der Waals surface area contributed by atoms with Gasteiger partial charge in [-0.15, -0.1) is 6.58 Å². The van der Waals surface area contributed by atoms with Crippen molar-refractivity contribution in [2.45, 2.75) is 46.3 Å². The van der Waals surface area contributed by atoms with Crippen LogP contribution in [0.5, 0.6) is 17.2 Å². The van der Waals surface area contributed by atoms with Gasteiger partial charge in [-0.05, 0) is 73.7 Å². The topological polar surface area (TPSA) is 98.3 Å². The van der Waals surface area contributed by atoms with E-state index in [-0.39, 0.29) is 19.6 Å². The Bertz CT molecular complexity index is 1740. The standard InChI is InChI=1S/C38H39Cl2N3O5/c1-5-11-29-18-28(20-34(46-6-2)37(29)47-23-30-16-17-31(39)21-32(30)40)22-41-43-38(45)33(19-27-14-8-7-9-15-27)42-35(44)24-48-36-25(3)12-10-13-26(36)4/h5,7-10,12-18,20-22,33H,1,6,11,19,23-24H2,2-4H3,(H,42,44)(H,43,45)/b41-22-/t33-/m0/s1. The van der Waals surface area contributed by atoms with Gasteiger partial charge < -0.3 is 19.5 Å². The number of allylic oxidation sites excluding steroid dienone is 1. The van der Waals surface area contributed by atoms with Crippen molar-refractivity contribution in [1.29, 1.82) is 0 Å². The molecule has 4 rings (SSSR count). The van der Waals surface area contributed by atoms with Crippen molar-refractivity contribution >= 4 is 41.2 Å². The molecule has 0 bridgehead atoms. The Morgan fingerprint density at radius 2 is 1.65 bits per heavy atom. The van der Waals surface area contributed by atoms with Gasteiger partial charge in [0.25, 0.3) is 11.8 Å². The first kappa shape index (κ1) is 36.1. The maximum absolute atomic E-state index is 13.4. The molecule has 2 N–H and O–H groups in total. The molecule has 4 aromatic rings. The SMILES string of the molecule is C=CCc1cc(/C=N\NC(=O)[C@H](Cc2ccccc2)NC(=O)COc2c(C)cccc2C)cc(OCC)c1OCc1ccc(Cl)cc1Cl. The van der Waals surface area contributed by atoms with Crippen molar-refractivity contribution in [1.82, 2.24) is 10.7 Å². The number of ether oxygens (including phenoxy) is 3. The van der Waals surface area contributed by atoms with Gasteiger partial charge in [-0.1, -0.05) is 83.9 Å². The molecule has 0 aliphatic carbocycles. The van der Waals surface area contributed by atoms with Gasteiger partial charge in [0.05, 0.1) is 12.8 Å². The Morgan fingerprint density at radius 1 is 0.896 bits per heavy atom. The smallest absolute Gasteiger partial charge is 0.262 e. The summed E-state index contributed by atoms with van der Waals surface area (Å²) in [5.74, 6) is 0.801. The lowest BCUT2D eigenvalue weighted by atomic mass is 10.1. The number of halogens is 2. The number of nitrogens with zero attached hydrogens (tertiary/aromatic N) is 1. The molecule has 0 aliphatic heterocycles. The van der Waals surface area contributed by atoms with E-state index in [0.717, 1.165) is 27.8 Å². The fraction of sp³-hybridized carbons (Fsp3) is 0.237. The largest absolute Gasteiger partial charge is 0.490 e. The second-order valence-corrected chi connectivity index (χ2v) is 11.9. The van der Waals surface area contributed by atoms with Crippen molar-refractivity contribution < 1.29 is 23.8 Å². The number of nitrogens with one attached hydrogen (secondary N) is 2. The molecule has 1 atom stereocenters. The van der Waals surface area contributed by atoms with Gasteiger partial charge in [0, 0.05) is 27.6 Å². The second kappa shape index (κ2) is 17.9. The fourth-order valence-corrected chi connectivity index (χ4v) is 5.45. The Balaban J connectivity index is 1.49. The number of hydrogen-bond donors (Lipinski definition) is 2. The number of aryl methyl sites for hydroxylation is 2. The van der Waals surface area contributed by atoms with Crippen LogP contribution in [0.2, 0.25) is 10.0 Å². The third-order valence-electron chi connectivity index (χ3n) is 7.28. The number of carbonyl (C=O) groups excluding carboxylic acids is 2. The lowest BCUT2D eigenvalue weighted by Crippen LogP contribution is -2.48. The maximum atomic E-state index is 13.4. The summed E-state index contributed by atoms with van der Waals surface area (Å²) in [4.78, 5) is 26.3. The first-order valence-electron chi connectivity index (χ1n) is 15.5. The van der Waals surface area contributed by atoms with Crippen LogP contribution in [0.15, 0.2) is 96.6 Å². The van der Waals surface area contributed by atoms with Gasteiger partial charge in [-0.25, -0.2) is 5.43 Å². The van der Waals surface area contributed by atoms with E-state index in [1.54, 1.807) is 24.3 Å². The van der Waals surface area contributed by atoms with Crippen LogP contribution >= 0.6 is 23.2 Å². The Morgan fingerprint density at radius 3 is 2.33 bits per heavy atom. The van der Waals surface area contributed by atoms with Crippen LogP contribution in [-0.4, -0.2) is 37.3 Å². The minimum atomic E-state index is -0.899. The molecule has 250 valence electrons. The van der Waals surface area contributed by atoms with Crippen molar-refractivity contribution in [2.24, 2.45) is 5.10 Å². The molecule has 4 aromatic carbocycles. The highest BCUT2D eigenvalue weighted by molar-refractivity contribution is 6.35. The van der Waals surface area contributed by atoms with Crippen LogP contribution in [0.4, 0.5) is 0 Å². The number of amides is 2. The van der Waals surface area contributed by atoms with E-state index in [0.29, 0.717) is 45.9 Å². The zero-order chi connectivity index (χ0) is 34.5. The second-order valence-electron chi connectivity index (χ2n) is 11.0. The zero-order valence-electron chi connectivity index (χ0n) is 27.2. The Labute approximate surface area is 291 Å². The van der Waals surface area contributed by atoms with E-state index in [4.69, 9.17) is 37.4 Å². The highest BCUT2D eigenvalue weighted by Gasteiger charge is 2.22. The van der Waals surface area contributed by atoms with Gasteiger partial charge in [-0.2, -0.15) is 5.10 Å². The summed E-state index contributed by atoms with van der Waals surface area (Å²) in [5, 5.41) is 8.06. The molecule has 8 nitrogen and oxygen atoms in total. The molecule has 0 unspecified atom stereocenters. The lowest BCUT2D eigenvalue weighted by Gasteiger charge is -2.18. The molecule has 0 saturated heterocycles. The minimum absolute atomic E-state index is 0.202. The molecule has 0 saturated carbocycles. The normalized spacial score (nSPS) is 11.5. The molecular weight excluding hydrogens is 649 g/mol. The van der Waals surface area contributed by atoms with Crippen LogP contribution in [0, 0.1) is 13.8 Å². The zero-order valence-corrected chi connectivity index (χ0v) is 28.7. The summed E-state index contributed by atoms with van der Waals surface area (Å²) in [6.45, 7) is 9.95.